The molecule has 0 aromatic heterocycles. The molecule has 1 N–H and O–H groups in total. The van der Waals surface area contributed by atoms with Crippen molar-refractivity contribution in [2.24, 2.45) is 5.92 Å². The maximum atomic E-state index is 10.4. The molecule has 2 unspecified atom stereocenters. The molecular formula is C15H21NO2. The lowest BCUT2D eigenvalue weighted by molar-refractivity contribution is -0.0716. The summed E-state index contributed by atoms with van der Waals surface area (Å²) < 4.78 is 5.40. The molecular weight excluding hydrogens is 226 g/mol. The van der Waals surface area contributed by atoms with Gasteiger partial charge >= 0.3 is 0 Å². The van der Waals surface area contributed by atoms with Gasteiger partial charge < -0.3 is 9.84 Å². The number of hydrogen-bond donors (Lipinski definition) is 1. The molecule has 3 nitrogen and oxygen atoms in total. The van der Waals surface area contributed by atoms with Crippen molar-refractivity contribution in [3.8, 4) is 5.75 Å². The van der Waals surface area contributed by atoms with Gasteiger partial charge in [0.15, 0.2) is 0 Å². The number of aliphatic hydroxyl groups is 1. The van der Waals surface area contributed by atoms with Crippen molar-refractivity contribution in [2.75, 3.05) is 20.2 Å². The number of aliphatic hydroxyl groups excluding tert-OH is 1. The van der Waals surface area contributed by atoms with Crippen molar-refractivity contribution in [1.29, 1.82) is 0 Å². The maximum Gasteiger partial charge on any atom is 0.122 e. The van der Waals surface area contributed by atoms with E-state index in [9.17, 15) is 5.11 Å². The molecule has 2 bridgehead atoms. The number of methoxy groups -OCH3 is 1. The molecule has 3 aliphatic rings. The fraction of sp³-hybridized carbons (Fsp3) is 0.600. The molecule has 3 heterocycles. The topological polar surface area (TPSA) is 32.7 Å². The third kappa shape index (κ3) is 2.02. The fourth-order valence-corrected chi connectivity index (χ4v) is 3.47. The van der Waals surface area contributed by atoms with Crippen molar-refractivity contribution in [1.82, 2.24) is 4.90 Å². The van der Waals surface area contributed by atoms with Crippen LogP contribution < -0.4 is 4.74 Å². The molecule has 3 heteroatoms. The summed E-state index contributed by atoms with van der Waals surface area (Å²) >= 11 is 0. The van der Waals surface area contributed by atoms with Gasteiger partial charge in [0.2, 0.25) is 0 Å². The molecule has 3 saturated heterocycles. The summed E-state index contributed by atoms with van der Waals surface area (Å²) in [6.45, 7) is 2.28. The Morgan fingerprint density at radius 2 is 2.00 bits per heavy atom. The van der Waals surface area contributed by atoms with E-state index < -0.39 is 0 Å². The van der Waals surface area contributed by atoms with Crippen LogP contribution in [0.2, 0.25) is 0 Å². The lowest BCUT2D eigenvalue weighted by atomic mass is 9.78. The van der Waals surface area contributed by atoms with Gasteiger partial charge in [-0.1, -0.05) is 18.2 Å². The number of nitrogens with zero attached hydrogens (tertiary/aromatic N) is 1. The van der Waals surface area contributed by atoms with E-state index in [1.54, 1.807) is 7.11 Å². The Labute approximate surface area is 108 Å². The second-order valence-corrected chi connectivity index (χ2v) is 5.45. The van der Waals surface area contributed by atoms with E-state index in [1.165, 1.54) is 5.56 Å². The molecule has 4 rings (SSSR count). The Hall–Kier alpha value is -1.06. The Bertz CT molecular complexity index is 411. The van der Waals surface area contributed by atoms with E-state index in [0.717, 1.165) is 38.1 Å². The first-order chi connectivity index (χ1) is 8.79. The largest absolute Gasteiger partial charge is 0.496 e. The first-order valence-electron chi connectivity index (χ1n) is 6.83. The third-order valence-corrected chi connectivity index (χ3v) is 4.54. The van der Waals surface area contributed by atoms with Crippen molar-refractivity contribution >= 4 is 0 Å². The molecule has 3 fully saturated rings. The Morgan fingerprint density at radius 1 is 1.28 bits per heavy atom. The smallest absolute Gasteiger partial charge is 0.122 e. The zero-order valence-electron chi connectivity index (χ0n) is 10.9. The van der Waals surface area contributed by atoms with Gasteiger partial charge in [-0.2, -0.15) is 0 Å². The minimum Gasteiger partial charge on any atom is -0.496 e. The van der Waals surface area contributed by atoms with Crippen molar-refractivity contribution < 1.29 is 9.84 Å². The zero-order chi connectivity index (χ0) is 12.5. The molecule has 0 spiro atoms. The minimum atomic E-state index is -0.169. The predicted octanol–water partition coefficient (Wildman–Crippen LogP) is 1.69. The number of rotatable bonds is 3. The molecule has 0 amide bonds. The van der Waals surface area contributed by atoms with E-state index in [1.807, 2.05) is 18.2 Å². The van der Waals surface area contributed by atoms with E-state index in [-0.39, 0.29) is 12.1 Å². The van der Waals surface area contributed by atoms with Crippen LogP contribution in [0.5, 0.6) is 5.75 Å². The standard InChI is InChI=1S/C15H21NO2/c1-18-14-5-3-2-4-12(14)10-13-15(17)11-6-8-16(13)9-7-11/h2-5,11,13,15,17H,6-10H2,1H3. The average molecular weight is 247 g/mol. The molecule has 0 radical (unpaired) electrons. The Morgan fingerprint density at radius 3 is 2.67 bits per heavy atom. The van der Waals surface area contributed by atoms with Crippen molar-refractivity contribution in [3.05, 3.63) is 29.8 Å². The second kappa shape index (κ2) is 4.90. The quantitative estimate of drug-likeness (QED) is 0.882. The monoisotopic (exact) mass is 247 g/mol. The highest BCUT2D eigenvalue weighted by molar-refractivity contribution is 5.34. The average Bonchev–Trinajstić information content (AvgIpc) is 2.44. The van der Waals surface area contributed by atoms with Gasteiger partial charge in [-0.15, -0.1) is 0 Å². The number of fused-ring (bicyclic) bond motifs is 3. The van der Waals surface area contributed by atoms with Gasteiger partial charge in [-0.3, -0.25) is 4.90 Å². The number of benzene rings is 1. The fourth-order valence-electron chi connectivity index (χ4n) is 3.47. The van der Waals surface area contributed by atoms with Crippen LogP contribution in [0.4, 0.5) is 0 Å². The van der Waals surface area contributed by atoms with Crippen LogP contribution >= 0.6 is 0 Å². The summed E-state index contributed by atoms with van der Waals surface area (Å²) in [6, 6.07) is 8.41. The molecule has 98 valence electrons. The normalized spacial score (nSPS) is 34.6. The lowest BCUT2D eigenvalue weighted by Crippen LogP contribution is -2.58. The van der Waals surface area contributed by atoms with Crippen LogP contribution in [0.15, 0.2) is 24.3 Å². The summed E-state index contributed by atoms with van der Waals surface area (Å²) in [5.74, 6) is 1.45. The van der Waals surface area contributed by atoms with Gasteiger partial charge in [-0.05, 0) is 49.9 Å². The Kier molecular flexibility index (Phi) is 3.27. The van der Waals surface area contributed by atoms with E-state index in [0.29, 0.717) is 5.92 Å². The van der Waals surface area contributed by atoms with Crippen molar-refractivity contribution in [2.45, 2.75) is 31.4 Å². The van der Waals surface area contributed by atoms with E-state index in [2.05, 4.69) is 11.0 Å². The molecule has 2 atom stereocenters. The summed E-state index contributed by atoms with van der Waals surface area (Å²) in [7, 11) is 1.71. The highest BCUT2D eigenvalue weighted by Crippen LogP contribution is 2.34. The summed E-state index contributed by atoms with van der Waals surface area (Å²) in [4.78, 5) is 2.44. The lowest BCUT2D eigenvalue weighted by Gasteiger charge is -2.49. The van der Waals surface area contributed by atoms with Gasteiger partial charge in [0.1, 0.15) is 5.75 Å². The SMILES string of the molecule is COc1ccccc1CC1C(O)C2CCN1CC2. The van der Waals surface area contributed by atoms with Crippen LogP contribution in [0, 0.1) is 5.92 Å². The highest BCUT2D eigenvalue weighted by Gasteiger charge is 2.41. The number of para-hydroxylation sites is 1. The number of hydrogen-bond acceptors (Lipinski definition) is 3. The van der Waals surface area contributed by atoms with Crippen LogP contribution in [-0.4, -0.2) is 42.4 Å². The molecule has 0 saturated carbocycles. The molecule has 18 heavy (non-hydrogen) atoms. The van der Waals surface area contributed by atoms with Crippen LogP contribution in [-0.2, 0) is 6.42 Å². The van der Waals surface area contributed by atoms with E-state index in [4.69, 9.17) is 4.74 Å². The minimum absolute atomic E-state index is 0.169. The van der Waals surface area contributed by atoms with Crippen molar-refractivity contribution in [3.63, 3.8) is 0 Å². The van der Waals surface area contributed by atoms with E-state index >= 15 is 0 Å². The Balaban J connectivity index is 1.79. The van der Waals surface area contributed by atoms with Gasteiger partial charge in [0, 0.05) is 6.04 Å². The summed E-state index contributed by atoms with van der Waals surface area (Å²) in [5.41, 5.74) is 1.21. The second-order valence-electron chi connectivity index (χ2n) is 5.45. The van der Waals surface area contributed by atoms with Gasteiger partial charge in [-0.25, -0.2) is 0 Å². The van der Waals surface area contributed by atoms with Gasteiger partial charge in [0.05, 0.1) is 13.2 Å². The summed E-state index contributed by atoms with van der Waals surface area (Å²) in [5, 5.41) is 10.4. The number of ether oxygens (including phenoxy) is 1. The first-order valence-corrected chi connectivity index (χ1v) is 6.83. The highest BCUT2D eigenvalue weighted by atomic mass is 16.5. The molecule has 1 aromatic rings. The van der Waals surface area contributed by atoms with Crippen LogP contribution in [0.25, 0.3) is 0 Å². The number of piperidine rings is 3. The van der Waals surface area contributed by atoms with Gasteiger partial charge in [0.25, 0.3) is 0 Å². The molecule has 3 aliphatic heterocycles. The first kappa shape index (κ1) is 12.0. The molecule has 1 aromatic carbocycles. The third-order valence-electron chi connectivity index (χ3n) is 4.54. The van der Waals surface area contributed by atoms with Crippen LogP contribution in [0.3, 0.4) is 0 Å². The molecule has 0 aliphatic carbocycles. The zero-order valence-corrected chi connectivity index (χ0v) is 10.9. The predicted molar refractivity (Wildman–Crippen MR) is 70.8 cm³/mol. The summed E-state index contributed by atoms with van der Waals surface area (Å²) in [6.07, 6.45) is 3.03. The van der Waals surface area contributed by atoms with Crippen LogP contribution in [0.1, 0.15) is 18.4 Å². The maximum absolute atomic E-state index is 10.4.